The summed E-state index contributed by atoms with van der Waals surface area (Å²) in [6.07, 6.45) is -15.0. The molecular formula is C8H4BrF6NO. The van der Waals surface area contributed by atoms with Gasteiger partial charge in [-0.2, -0.15) is 26.3 Å². The van der Waals surface area contributed by atoms with Gasteiger partial charge in [-0.05, 0) is 22.0 Å². The quantitative estimate of drug-likeness (QED) is 0.611. The molecule has 0 amide bonds. The van der Waals surface area contributed by atoms with E-state index in [2.05, 4.69) is 25.7 Å². The predicted molar refractivity (Wildman–Crippen MR) is 48.5 cm³/mol. The van der Waals surface area contributed by atoms with Crippen molar-refractivity contribution < 1.29 is 31.1 Å². The molecule has 0 saturated carbocycles. The lowest BCUT2D eigenvalue weighted by Gasteiger charge is -2.23. The molecule has 0 aromatic carbocycles. The van der Waals surface area contributed by atoms with E-state index in [1.165, 1.54) is 12.1 Å². The lowest BCUT2D eigenvalue weighted by Crippen LogP contribution is -2.46. The molecule has 0 radical (unpaired) electrons. The minimum absolute atomic E-state index is 0.0677. The first-order valence-electron chi connectivity index (χ1n) is 4.03. The van der Waals surface area contributed by atoms with Gasteiger partial charge in [-0.25, -0.2) is 4.98 Å². The zero-order chi connectivity index (χ0) is 13.3. The molecule has 96 valence electrons. The molecule has 1 aromatic heterocycles. The first kappa shape index (κ1) is 14.1. The summed E-state index contributed by atoms with van der Waals surface area (Å²) in [4.78, 5) is 3.33. The highest BCUT2D eigenvalue weighted by atomic mass is 79.9. The number of hydrogen-bond donors (Lipinski definition) is 0. The molecule has 1 rings (SSSR count). The van der Waals surface area contributed by atoms with E-state index in [9.17, 15) is 26.3 Å². The van der Waals surface area contributed by atoms with Crippen LogP contribution >= 0.6 is 15.9 Å². The molecule has 9 heteroatoms. The summed E-state index contributed by atoms with van der Waals surface area (Å²) in [6.45, 7) is 0. The van der Waals surface area contributed by atoms with Gasteiger partial charge in [0.2, 0.25) is 5.88 Å². The second-order valence-electron chi connectivity index (χ2n) is 2.88. The Morgan fingerprint density at radius 2 is 1.59 bits per heavy atom. The van der Waals surface area contributed by atoms with Crippen LogP contribution in [0.5, 0.6) is 5.88 Å². The lowest BCUT2D eigenvalue weighted by molar-refractivity contribution is -0.300. The zero-order valence-electron chi connectivity index (χ0n) is 7.81. The van der Waals surface area contributed by atoms with Gasteiger partial charge >= 0.3 is 12.4 Å². The molecule has 17 heavy (non-hydrogen) atoms. The van der Waals surface area contributed by atoms with E-state index in [4.69, 9.17) is 0 Å². The molecule has 0 atom stereocenters. The Kier molecular flexibility index (Phi) is 3.90. The number of pyridine rings is 1. The Bertz CT molecular complexity index is 376. The van der Waals surface area contributed by atoms with Crippen LogP contribution < -0.4 is 4.74 Å². The summed E-state index contributed by atoms with van der Waals surface area (Å²) in [6, 6.07) is 3.44. The molecule has 0 aliphatic carbocycles. The van der Waals surface area contributed by atoms with Crippen LogP contribution in [0.4, 0.5) is 26.3 Å². The van der Waals surface area contributed by atoms with E-state index in [-0.39, 0.29) is 4.60 Å². The van der Waals surface area contributed by atoms with Crippen molar-refractivity contribution in [3.8, 4) is 5.88 Å². The molecule has 2 nitrogen and oxygen atoms in total. The Morgan fingerprint density at radius 1 is 1.06 bits per heavy atom. The van der Waals surface area contributed by atoms with Crippen molar-refractivity contribution in [1.82, 2.24) is 4.98 Å². The summed E-state index contributed by atoms with van der Waals surface area (Å²) in [5.74, 6) is -0.765. The number of hydrogen-bond acceptors (Lipinski definition) is 2. The van der Waals surface area contributed by atoms with Crippen LogP contribution in [0.1, 0.15) is 0 Å². The van der Waals surface area contributed by atoms with Crippen LogP contribution in [-0.2, 0) is 0 Å². The maximum atomic E-state index is 12.1. The standard InChI is InChI=1S/C8H4BrF6NO/c9-4-2-1-3-5(16-4)17-6(7(10,11)12)8(13,14)15/h1-3,6H. The molecule has 0 spiro atoms. The number of halogens is 7. The third-order valence-corrected chi connectivity index (χ3v) is 1.96. The van der Waals surface area contributed by atoms with Gasteiger partial charge in [0.15, 0.2) is 0 Å². The molecular weight excluding hydrogens is 320 g/mol. The number of aromatic nitrogens is 1. The maximum absolute atomic E-state index is 12.1. The minimum Gasteiger partial charge on any atom is -0.455 e. The summed E-state index contributed by atoms with van der Waals surface area (Å²) < 4.78 is 76.6. The smallest absolute Gasteiger partial charge is 0.434 e. The fourth-order valence-electron chi connectivity index (χ4n) is 0.895. The van der Waals surface area contributed by atoms with Crippen LogP contribution in [-0.4, -0.2) is 23.4 Å². The van der Waals surface area contributed by atoms with E-state index in [1.807, 2.05) is 0 Å². The van der Waals surface area contributed by atoms with E-state index < -0.39 is 24.3 Å². The average Bonchev–Trinajstić information content (AvgIpc) is 2.10. The van der Waals surface area contributed by atoms with E-state index in [0.29, 0.717) is 0 Å². The monoisotopic (exact) mass is 323 g/mol. The van der Waals surface area contributed by atoms with Crippen LogP contribution in [0, 0.1) is 0 Å². The van der Waals surface area contributed by atoms with E-state index >= 15 is 0 Å². The topological polar surface area (TPSA) is 22.1 Å². The molecule has 1 aromatic rings. The van der Waals surface area contributed by atoms with Gasteiger partial charge < -0.3 is 4.74 Å². The molecule has 0 aliphatic rings. The molecule has 0 bridgehead atoms. The summed E-state index contributed by atoms with van der Waals surface area (Å²) >= 11 is 2.80. The summed E-state index contributed by atoms with van der Waals surface area (Å²) in [7, 11) is 0. The Hall–Kier alpha value is -0.990. The van der Waals surface area contributed by atoms with Gasteiger partial charge in [0.25, 0.3) is 6.10 Å². The highest BCUT2D eigenvalue weighted by Crippen LogP contribution is 2.36. The van der Waals surface area contributed by atoms with Crippen LogP contribution in [0.15, 0.2) is 22.8 Å². The fraction of sp³-hybridized carbons (Fsp3) is 0.375. The van der Waals surface area contributed by atoms with Crippen molar-refractivity contribution in [2.75, 3.05) is 0 Å². The molecule has 0 unspecified atom stereocenters. The zero-order valence-corrected chi connectivity index (χ0v) is 9.40. The molecule has 0 fully saturated rings. The first-order valence-corrected chi connectivity index (χ1v) is 4.82. The number of nitrogens with zero attached hydrogens (tertiary/aromatic N) is 1. The maximum Gasteiger partial charge on any atom is 0.434 e. The molecule has 0 saturated heterocycles. The average molecular weight is 324 g/mol. The molecule has 0 N–H and O–H groups in total. The van der Waals surface area contributed by atoms with Crippen LogP contribution in [0.3, 0.4) is 0 Å². The fourth-order valence-corrected chi connectivity index (χ4v) is 1.22. The van der Waals surface area contributed by atoms with Gasteiger partial charge in [-0.1, -0.05) is 6.07 Å². The Morgan fingerprint density at radius 3 is 2.00 bits per heavy atom. The second kappa shape index (κ2) is 4.71. The van der Waals surface area contributed by atoms with Crippen LogP contribution in [0.2, 0.25) is 0 Å². The third-order valence-electron chi connectivity index (χ3n) is 1.52. The second-order valence-corrected chi connectivity index (χ2v) is 3.69. The van der Waals surface area contributed by atoms with E-state index in [1.54, 1.807) is 0 Å². The van der Waals surface area contributed by atoms with Crippen molar-refractivity contribution in [3.63, 3.8) is 0 Å². The highest BCUT2D eigenvalue weighted by Gasteiger charge is 2.59. The van der Waals surface area contributed by atoms with Crippen molar-refractivity contribution in [2.45, 2.75) is 18.5 Å². The highest BCUT2D eigenvalue weighted by molar-refractivity contribution is 9.10. The van der Waals surface area contributed by atoms with Gasteiger partial charge in [-0.15, -0.1) is 0 Å². The van der Waals surface area contributed by atoms with Gasteiger partial charge in [0.05, 0.1) is 0 Å². The Balaban J connectivity index is 2.96. The molecule has 0 aliphatic heterocycles. The van der Waals surface area contributed by atoms with E-state index in [0.717, 1.165) is 6.07 Å². The lowest BCUT2D eigenvalue weighted by atomic mass is 10.3. The van der Waals surface area contributed by atoms with Gasteiger partial charge in [0, 0.05) is 6.07 Å². The van der Waals surface area contributed by atoms with Gasteiger partial charge in [0.1, 0.15) is 4.60 Å². The van der Waals surface area contributed by atoms with Crippen LogP contribution in [0.25, 0.3) is 0 Å². The number of alkyl halides is 6. The van der Waals surface area contributed by atoms with Crippen molar-refractivity contribution in [1.29, 1.82) is 0 Å². The number of ether oxygens (including phenoxy) is 1. The third kappa shape index (κ3) is 4.06. The first-order chi connectivity index (χ1) is 7.60. The predicted octanol–water partition coefficient (Wildman–Crippen LogP) is 3.72. The minimum atomic E-state index is -5.55. The summed E-state index contributed by atoms with van der Waals surface area (Å²) in [5, 5.41) is 0. The summed E-state index contributed by atoms with van der Waals surface area (Å²) in [5.41, 5.74) is 0. The van der Waals surface area contributed by atoms with Crippen molar-refractivity contribution in [2.24, 2.45) is 0 Å². The Labute approximate surface area is 99.7 Å². The molecule has 1 heterocycles. The largest absolute Gasteiger partial charge is 0.455 e. The number of rotatable bonds is 2. The SMILES string of the molecule is FC(F)(F)C(Oc1cccc(Br)n1)C(F)(F)F. The van der Waals surface area contributed by atoms with Crippen molar-refractivity contribution >= 4 is 15.9 Å². The van der Waals surface area contributed by atoms with Gasteiger partial charge in [-0.3, -0.25) is 0 Å². The normalized spacial score (nSPS) is 12.9. The van der Waals surface area contributed by atoms with Crippen molar-refractivity contribution in [3.05, 3.63) is 22.8 Å².